The SMILES string of the molecule is C[C@H]1[C@H](C)CC[C@]2(COC(=O)N(C)C)CC[C@]3(C)C(=CC[C@@H]4[C@@]5(C)CC[C@H](OC(=O)N(C)C)C(C)(C)[C@@H]5CC[C@]43C)[C@H]12. The first-order valence-corrected chi connectivity index (χ1v) is 16.9. The zero-order valence-electron chi connectivity index (χ0n) is 28.6. The average Bonchev–Trinajstić information content (AvgIpc) is 2.91. The molecule has 0 radical (unpaired) electrons. The molecule has 42 heavy (non-hydrogen) atoms. The van der Waals surface area contributed by atoms with Gasteiger partial charge in [0, 0.05) is 39.0 Å². The summed E-state index contributed by atoms with van der Waals surface area (Å²) in [6.45, 7) is 18.1. The highest BCUT2D eigenvalue weighted by molar-refractivity contribution is 5.67. The summed E-state index contributed by atoms with van der Waals surface area (Å²) in [6, 6.07) is 0. The van der Waals surface area contributed by atoms with Crippen molar-refractivity contribution < 1.29 is 19.1 Å². The van der Waals surface area contributed by atoms with Crippen LogP contribution in [0.2, 0.25) is 0 Å². The van der Waals surface area contributed by atoms with Crippen molar-refractivity contribution in [1.82, 2.24) is 9.80 Å². The molecule has 10 atom stereocenters. The van der Waals surface area contributed by atoms with Gasteiger partial charge in [0.1, 0.15) is 6.10 Å². The third-order valence-corrected chi connectivity index (χ3v) is 14.6. The first-order chi connectivity index (χ1) is 19.4. The van der Waals surface area contributed by atoms with Crippen LogP contribution in [0, 0.1) is 56.7 Å². The Labute approximate surface area is 256 Å². The number of rotatable bonds is 3. The molecule has 0 spiro atoms. The fourth-order valence-corrected chi connectivity index (χ4v) is 11.6. The molecule has 5 aliphatic carbocycles. The van der Waals surface area contributed by atoms with Crippen LogP contribution in [0.4, 0.5) is 9.59 Å². The van der Waals surface area contributed by atoms with Gasteiger partial charge in [-0.05, 0) is 104 Å². The van der Waals surface area contributed by atoms with Crippen molar-refractivity contribution in [3.8, 4) is 0 Å². The van der Waals surface area contributed by atoms with Crippen molar-refractivity contribution in [2.24, 2.45) is 56.7 Å². The number of amides is 2. The highest BCUT2D eigenvalue weighted by atomic mass is 16.6. The van der Waals surface area contributed by atoms with E-state index in [2.05, 4.69) is 54.5 Å². The van der Waals surface area contributed by atoms with Crippen LogP contribution in [0.5, 0.6) is 0 Å². The number of fused-ring (bicyclic) bond motifs is 7. The van der Waals surface area contributed by atoms with Gasteiger partial charge in [0.05, 0.1) is 6.61 Å². The van der Waals surface area contributed by atoms with E-state index in [-0.39, 0.29) is 45.4 Å². The first kappa shape index (κ1) is 31.7. The Morgan fingerprint density at radius 1 is 0.833 bits per heavy atom. The summed E-state index contributed by atoms with van der Waals surface area (Å²) in [5, 5.41) is 0. The normalized spacial score (nSPS) is 45.6. The van der Waals surface area contributed by atoms with E-state index >= 15 is 0 Å². The van der Waals surface area contributed by atoms with Gasteiger partial charge in [-0.15, -0.1) is 0 Å². The second-order valence-electron chi connectivity index (χ2n) is 17.1. The number of carbonyl (C=O) groups excluding carboxylic acids is 2. The largest absolute Gasteiger partial charge is 0.449 e. The van der Waals surface area contributed by atoms with Gasteiger partial charge in [-0.2, -0.15) is 0 Å². The van der Waals surface area contributed by atoms with Crippen LogP contribution in [0.3, 0.4) is 0 Å². The Bertz CT molecular complexity index is 1110. The third-order valence-electron chi connectivity index (χ3n) is 14.6. The number of hydrogen-bond acceptors (Lipinski definition) is 4. The molecule has 0 saturated heterocycles. The Hall–Kier alpha value is -1.72. The lowest BCUT2D eigenvalue weighted by Gasteiger charge is -2.71. The van der Waals surface area contributed by atoms with E-state index in [0.717, 1.165) is 32.1 Å². The highest BCUT2D eigenvalue weighted by Gasteiger charge is 2.69. The number of ether oxygens (including phenoxy) is 2. The standard InChI is InChI=1S/C36H60N2O4/c1-23-14-19-36(22-41-30(39)37(8)9)21-20-34(6)25(29(36)24(23)2)12-13-27-33(5)17-16-28(42-31(40)38(10)11)32(3,4)26(33)15-18-35(27,34)7/h12,23-24,26-29H,13-22H2,1-11H3/t23-,24+,26+,27-,28+,29+,33+,34-,35-,36-/m1/s1. The van der Waals surface area contributed by atoms with Crippen molar-refractivity contribution >= 4 is 12.2 Å². The monoisotopic (exact) mass is 584 g/mol. The number of hydrogen-bond donors (Lipinski definition) is 0. The van der Waals surface area contributed by atoms with Crippen LogP contribution in [0.1, 0.15) is 106 Å². The minimum atomic E-state index is -0.215. The van der Waals surface area contributed by atoms with E-state index in [0.29, 0.717) is 36.2 Å². The Balaban J connectivity index is 1.49. The van der Waals surface area contributed by atoms with Crippen LogP contribution in [-0.2, 0) is 9.47 Å². The Morgan fingerprint density at radius 3 is 2.14 bits per heavy atom. The van der Waals surface area contributed by atoms with Gasteiger partial charge in [0.2, 0.25) is 0 Å². The number of nitrogens with zero attached hydrogens (tertiary/aromatic N) is 2. The molecule has 4 fully saturated rings. The molecular weight excluding hydrogens is 524 g/mol. The van der Waals surface area contributed by atoms with Gasteiger partial charge in [0.15, 0.2) is 0 Å². The molecule has 0 N–H and O–H groups in total. The topological polar surface area (TPSA) is 59.1 Å². The summed E-state index contributed by atoms with van der Waals surface area (Å²) in [7, 11) is 7.12. The van der Waals surface area contributed by atoms with Gasteiger partial charge in [0.25, 0.3) is 0 Å². The summed E-state index contributed by atoms with van der Waals surface area (Å²) in [6.07, 6.45) is 12.5. The second kappa shape index (κ2) is 10.4. The first-order valence-electron chi connectivity index (χ1n) is 16.9. The molecule has 5 rings (SSSR count). The molecule has 0 aromatic rings. The molecule has 0 bridgehead atoms. The molecule has 0 unspecified atom stereocenters. The van der Waals surface area contributed by atoms with Crippen LogP contribution >= 0.6 is 0 Å². The molecule has 5 aliphatic rings. The van der Waals surface area contributed by atoms with E-state index in [4.69, 9.17) is 9.47 Å². The van der Waals surface area contributed by atoms with Gasteiger partial charge < -0.3 is 19.3 Å². The fraction of sp³-hybridized carbons (Fsp3) is 0.889. The van der Waals surface area contributed by atoms with Crippen molar-refractivity contribution in [3.05, 3.63) is 11.6 Å². The second-order valence-corrected chi connectivity index (χ2v) is 17.1. The van der Waals surface area contributed by atoms with Crippen LogP contribution < -0.4 is 0 Å². The zero-order valence-corrected chi connectivity index (χ0v) is 28.6. The average molecular weight is 585 g/mol. The molecule has 0 aromatic heterocycles. The minimum Gasteiger partial charge on any atom is -0.449 e. The zero-order chi connectivity index (χ0) is 31.0. The summed E-state index contributed by atoms with van der Waals surface area (Å²) in [4.78, 5) is 28.3. The third kappa shape index (κ3) is 4.45. The summed E-state index contributed by atoms with van der Waals surface area (Å²) in [5.41, 5.74) is 2.26. The smallest absolute Gasteiger partial charge is 0.409 e. The van der Waals surface area contributed by atoms with Crippen LogP contribution in [-0.4, -0.2) is 62.9 Å². The van der Waals surface area contributed by atoms with Gasteiger partial charge in [-0.3, -0.25) is 0 Å². The molecule has 0 aliphatic heterocycles. The maximum absolute atomic E-state index is 12.6. The van der Waals surface area contributed by atoms with E-state index in [1.807, 2.05) is 0 Å². The summed E-state index contributed by atoms with van der Waals surface area (Å²) < 4.78 is 12.1. The van der Waals surface area contributed by atoms with E-state index < -0.39 is 0 Å². The van der Waals surface area contributed by atoms with Gasteiger partial charge in [-0.25, -0.2) is 9.59 Å². The Morgan fingerprint density at radius 2 is 1.50 bits per heavy atom. The lowest BCUT2D eigenvalue weighted by Crippen LogP contribution is -2.65. The highest BCUT2D eigenvalue weighted by Crippen LogP contribution is 2.75. The molecule has 4 saturated carbocycles. The van der Waals surface area contributed by atoms with Crippen LogP contribution in [0.15, 0.2) is 11.6 Å². The number of allylic oxidation sites excluding steroid dienone is 2. The van der Waals surface area contributed by atoms with Crippen LogP contribution in [0.25, 0.3) is 0 Å². The molecular formula is C36H60N2O4. The maximum Gasteiger partial charge on any atom is 0.409 e. The van der Waals surface area contributed by atoms with E-state index in [1.54, 1.807) is 43.6 Å². The van der Waals surface area contributed by atoms with Crippen molar-refractivity contribution in [3.63, 3.8) is 0 Å². The molecule has 238 valence electrons. The molecule has 6 nitrogen and oxygen atoms in total. The minimum absolute atomic E-state index is 0.0372. The predicted molar refractivity (Wildman–Crippen MR) is 168 cm³/mol. The fourth-order valence-electron chi connectivity index (χ4n) is 11.6. The van der Waals surface area contributed by atoms with Crippen molar-refractivity contribution in [2.45, 2.75) is 112 Å². The predicted octanol–water partition coefficient (Wildman–Crippen LogP) is 8.41. The maximum atomic E-state index is 12.6. The quantitative estimate of drug-likeness (QED) is 0.313. The van der Waals surface area contributed by atoms with E-state index in [9.17, 15) is 9.59 Å². The van der Waals surface area contributed by atoms with Gasteiger partial charge >= 0.3 is 12.2 Å². The lowest BCUT2D eigenvalue weighted by atomic mass is 9.33. The molecule has 6 heteroatoms. The van der Waals surface area contributed by atoms with Crippen molar-refractivity contribution in [1.29, 1.82) is 0 Å². The lowest BCUT2D eigenvalue weighted by molar-refractivity contribution is -0.206. The molecule has 0 aromatic carbocycles. The van der Waals surface area contributed by atoms with Gasteiger partial charge in [-0.1, -0.05) is 60.1 Å². The summed E-state index contributed by atoms with van der Waals surface area (Å²) in [5.74, 6) is 2.86. The Kier molecular flexibility index (Phi) is 7.87. The molecule has 2 amide bonds. The van der Waals surface area contributed by atoms with E-state index in [1.165, 1.54) is 25.7 Å². The molecule has 0 heterocycles. The summed E-state index contributed by atoms with van der Waals surface area (Å²) >= 11 is 0. The van der Waals surface area contributed by atoms with Crippen molar-refractivity contribution in [2.75, 3.05) is 34.8 Å². The number of carbonyl (C=O) groups is 2.